The lowest BCUT2D eigenvalue weighted by Crippen LogP contribution is -1.99. The van der Waals surface area contributed by atoms with Crippen LogP contribution in [0, 0.1) is 0 Å². The molecule has 3 N–H and O–H groups in total. The lowest BCUT2D eigenvalue weighted by molar-refractivity contribution is 0.342. The second-order valence-electron chi connectivity index (χ2n) is 5.76. The molecule has 0 aliphatic carbocycles. The molecule has 4 rings (SSSR count). The third kappa shape index (κ3) is 4.15. The van der Waals surface area contributed by atoms with Crippen molar-refractivity contribution in [3.8, 4) is 5.75 Å². The van der Waals surface area contributed by atoms with Crippen molar-refractivity contribution < 1.29 is 4.74 Å². The van der Waals surface area contributed by atoms with E-state index in [0.29, 0.717) is 29.1 Å². The molecule has 0 bridgehead atoms. The SMILES string of the molecule is CCOc1ccccc1Nc1nnc(SCc2nc(N)c3ccccc3n2)s1. The van der Waals surface area contributed by atoms with Gasteiger partial charge in [0.15, 0.2) is 4.34 Å². The molecular weight excluding hydrogens is 392 g/mol. The summed E-state index contributed by atoms with van der Waals surface area (Å²) in [5.41, 5.74) is 7.76. The Balaban J connectivity index is 1.44. The predicted octanol–water partition coefficient (Wildman–Crippen LogP) is 4.50. The first-order chi connectivity index (χ1) is 13.7. The summed E-state index contributed by atoms with van der Waals surface area (Å²) in [5, 5.41) is 13.3. The quantitative estimate of drug-likeness (QED) is 0.430. The van der Waals surface area contributed by atoms with Crippen LogP contribution in [0.5, 0.6) is 5.75 Å². The molecule has 2 aromatic heterocycles. The Labute approximate surface area is 170 Å². The van der Waals surface area contributed by atoms with Crippen molar-refractivity contribution in [1.82, 2.24) is 20.2 Å². The Kier molecular flexibility index (Phi) is 5.54. The third-order valence-corrected chi connectivity index (χ3v) is 5.81. The second-order valence-corrected chi connectivity index (χ2v) is 7.96. The monoisotopic (exact) mass is 410 g/mol. The molecule has 9 heteroatoms. The van der Waals surface area contributed by atoms with Crippen LogP contribution < -0.4 is 15.8 Å². The number of thioether (sulfide) groups is 1. The first-order valence-electron chi connectivity index (χ1n) is 8.69. The molecular formula is C19H18N6OS2. The molecule has 0 radical (unpaired) electrons. The maximum atomic E-state index is 6.05. The highest BCUT2D eigenvalue weighted by atomic mass is 32.2. The predicted molar refractivity (Wildman–Crippen MR) is 114 cm³/mol. The molecule has 0 atom stereocenters. The summed E-state index contributed by atoms with van der Waals surface area (Å²) in [5.74, 6) is 2.52. The Morgan fingerprint density at radius 3 is 2.79 bits per heavy atom. The highest BCUT2D eigenvalue weighted by Crippen LogP contribution is 2.32. The largest absolute Gasteiger partial charge is 0.492 e. The van der Waals surface area contributed by atoms with Gasteiger partial charge in [0.1, 0.15) is 17.4 Å². The van der Waals surface area contributed by atoms with Gasteiger partial charge in [0.25, 0.3) is 0 Å². The van der Waals surface area contributed by atoms with Crippen LogP contribution in [0.25, 0.3) is 10.9 Å². The molecule has 2 aromatic carbocycles. The van der Waals surface area contributed by atoms with Crippen molar-refractivity contribution in [3.63, 3.8) is 0 Å². The minimum atomic E-state index is 0.494. The molecule has 0 aliphatic heterocycles. The minimum absolute atomic E-state index is 0.494. The Bertz CT molecular complexity index is 1100. The minimum Gasteiger partial charge on any atom is -0.492 e. The molecule has 0 aliphatic rings. The molecule has 28 heavy (non-hydrogen) atoms. The zero-order chi connectivity index (χ0) is 19.3. The first-order valence-corrected chi connectivity index (χ1v) is 10.5. The van der Waals surface area contributed by atoms with E-state index in [2.05, 4.69) is 25.5 Å². The van der Waals surface area contributed by atoms with Crippen molar-refractivity contribution in [2.24, 2.45) is 0 Å². The normalized spacial score (nSPS) is 10.9. The molecule has 0 fully saturated rings. The Morgan fingerprint density at radius 1 is 1.07 bits per heavy atom. The van der Waals surface area contributed by atoms with E-state index >= 15 is 0 Å². The van der Waals surface area contributed by atoms with Crippen molar-refractivity contribution in [1.29, 1.82) is 0 Å². The average molecular weight is 411 g/mol. The fourth-order valence-electron chi connectivity index (χ4n) is 2.63. The molecule has 0 amide bonds. The van der Waals surface area contributed by atoms with Crippen LogP contribution in [0.2, 0.25) is 0 Å². The number of benzene rings is 2. The van der Waals surface area contributed by atoms with E-state index < -0.39 is 0 Å². The van der Waals surface area contributed by atoms with Crippen LogP contribution in [0.4, 0.5) is 16.6 Å². The van der Waals surface area contributed by atoms with Crippen molar-refractivity contribution in [2.75, 3.05) is 17.7 Å². The topological polar surface area (TPSA) is 98.8 Å². The van der Waals surface area contributed by atoms with Crippen molar-refractivity contribution >= 4 is 50.6 Å². The number of fused-ring (bicyclic) bond motifs is 1. The number of ether oxygens (including phenoxy) is 1. The van der Waals surface area contributed by atoms with Crippen LogP contribution in [0.15, 0.2) is 52.9 Å². The van der Waals surface area contributed by atoms with Gasteiger partial charge >= 0.3 is 0 Å². The van der Waals surface area contributed by atoms with Gasteiger partial charge in [-0.2, -0.15) is 0 Å². The zero-order valence-corrected chi connectivity index (χ0v) is 16.8. The number of hydrogen-bond acceptors (Lipinski definition) is 9. The standard InChI is InChI=1S/C19H18N6OS2/c1-2-26-15-10-6-5-9-14(15)22-18-24-25-19(28-18)27-11-16-21-13-8-4-3-7-12(13)17(20)23-16/h3-10H,2,11H2,1H3,(H,22,24)(H2,20,21,23). The van der Waals surface area contributed by atoms with Crippen LogP contribution >= 0.6 is 23.1 Å². The van der Waals surface area contributed by atoms with E-state index in [1.165, 1.54) is 23.1 Å². The van der Waals surface area contributed by atoms with Gasteiger partial charge in [-0.05, 0) is 31.2 Å². The Hall–Kier alpha value is -2.91. The third-order valence-electron chi connectivity index (χ3n) is 3.84. The lowest BCUT2D eigenvalue weighted by atomic mass is 10.2. The molecule has 7 nitrogen and oxygen atoms in total. The summed E-state index contributed by atoms with van der Waals surface area (Å²) < 4.78 is 6.45. The first kappa shape index (κ1) is 18.5. The highest BCUT2D eigenvalue weighted by molar-refractivity contribution is 8.00. The zero-order valence-electron chi connectivity index (χ0n) is 15.1. The number of aromatic nitrogens is 4. The van der Waals surface area contributed by atoms with Crippen LogP contribution in [-0.4, -0.2) is 26.8 Å². The average Bonchev–Trinajstić information content (AvgIpc) is 3.16. The summed E-state index contributed by atoms with van der Waals surface area (Å²) in [6.07, 6.45) is 0. The van der Waals surface area contributed by atoms with Crippen LogP contribution in [0.3, 0.4) is 0 Å². The molecule has 0 saturated heterocycles. The van der Waals surface area contributed by atoms with Crippen molar-refractivity contribution in [2.45, 2.75) is 17.0 Å². The van der Waals surface area contributed by atoms with Gasteiger partial charge in [-0.1, -0.05) is 47.4 Å². The molecule has 0 saturated carbocycles. The molecule has 142 valence electrons. The summed E-state index contributed by atoms with van der Waals surface area (Å²) in [7, 11) is 0. The van der Waals surface area contributed by atoms with E-state index in [-0.39, 0.29) is 0 Å². The smallest absolute Gasteiger partial charge is 0.210 e. The van der Waals surface area contributed by atoms with E-state index in [1.807, 2.05) is 55.5 Å². The van der Waals surface area contributed by atoms with Gasteiger partial charge in [-0.25, -0.2) is 9.97 Å². The number of nitrogens with two attached hydrogens (primary N) is 1. The maximum absolute atomic E-state index is 6.05. The molecule has 0 spiro atoms. The molecule has 2 heterocycles. The van der Waals surface area contributed by atoms with Gasteiger partial charge in [0.2, 0.25) is 5.13 Å². The summed E-state index contributed by atoms with van der Waals surface area (Å²) >= 11 is 3.00. The van der Waals surface area contributed by atoms with E-state index in [0.717, 1.165) is 26.7 Å². The van der Waals surface area contributed by atoms with Gasteiger partial charge in [-0.15, -0.1) is 10.2 Å². The highest BCUT2D eigenvalue weighted by Gasteiger charge is 2.10. The Morgan fingerprint density at radius 2 is 1.89 bits per heavy atom. The van der Waals surface area contributed by atoms with Crippen LogP contribution in [-0.2, 0) is 5.75 Å². The number of rotatable bonds is 7. The second kappa shape index (κ2) is 8.41. The molecule has 4 aromatic rings. The van der Waals surface area contributed by atoms with E-state index in [1.54, 1.807) is 0 Å². The van der Waals surface area contributed by atoms with Gasteiger partial charge in [-0.3, -0.25) is 0 Å². The van der Waals surface area contributed by atoms with Crippen molar-refractivity contribution in [3.05, 3.63) is 54.4 Å². The number of nitrogens with one attached hydrogen (secondary N) is 1. The number of hydrogen-bond donors (Lipinski definition) is 2. The molecule has 0 unspecified atom stereocenters. The van der Waals surface area contributed by atoms with Gasteiger partial charge in [0, 0.05) is 5.39 Å². The van der Waals surface area contributed by atoms with Gasteiger partial charge in [0.05, 0.1) is 23.6 Å². The number of nitrogens with zero attached hydrogens (tertiary/aromatic N) is 4. The van der Waals surface area contributed by atoms with E-state index in [4.69, 9.17) is 10.5 Å². The number of para-hydroxylation sites is 3. The number of anilines is 3. The van der Waals surface area contributed by atoms with Gasteiger partial charge < -0.3 is 15.8 Å². The lowest BCUT2D eigenvalue weighted by Gasteiger charge is -2.09. The fourth-order valence-corrected chi connectivity index (χ4v) is 4.25. The summed E-state index contributed by atoms with van der Waals surface area (Å²) in [4.78, 5) is 8.96. The maximum Gasteiger partial charge on any atom is 0.210 e. The summed E-state index contributed by atoms with van der Waals surface area (Å²) in [6, 6.07) is 15.5. The van der Waals surface area contributed by atoms with Crippen LogP contribution in [0.1, 0.15) is 12.7 Å². The van der Waals surface area contributed by atoms with E-state index in [9.17, 15) is 0 Å². The fraction of sp³-hybridized carbons (Fsp3) is 0.158. The number of nitrogen functional groups attached to an aromatic ring is 1. The summed E-state index contributed by atoms with van der Waals surface area (Å²) in [6.45, 7) is 2.56.